The molecule has 0 saturated heterocycles. The number of aromatic nitrogens is 4. The largest absolute Gasteiger partial charge is 0.453 e. The number of aryl methyl sites for hydroxylation is 1. The fourth-order valence-corrected chi connectivity index (χ4v) is 2.83. The third-order valence-corrected chi connectivity index (χ3v) is 4.09. The molecule has 0 atom stereocenters. The predicted octanol–water partition coefficient (Wildman–Crippen LogP) is 2.28. The monoisotopic (exact) mass is 399 g/mol. The van der Waals surface area contributed by atoms with Crippen molar-refractivity contribution in [3.8, 4) is 0 Å². The van der Waals surface area contributed by atoms with E-state index in [9.17, 15) is 9.59 Å². The smallest absolute Gasteiger partial charge is 0.358 e. The molecule has 2 aromatic heterocycles. The summed E-state index contributed by atoms with van der Waals surface area (Å²) in [7, 11) is 0. The van der Waals surface area contributed by atoms with Crippen LogP contribution in [0.5, 0.6) is 0 Å². The van der Waals surface area contributed by atoms with Gasteiger partial charge in [-0.1, -0.05) is 17.7 Å². The second kappa shape index (κ2) is 8.39. The maximum absolute atomic E-state index is 12.1. The molecule has 4 N–H and O–H groups in total. The van der Waals surface area contributed by atoms with E-state index in [-0.39, 0.29) is 35.9 Å². The molecule has 28 heavy (non-hydrogen) atoms. The topological polar surface area (TPSA) is 145 Å². The van der Waals surface area contributed by atoms with Crippen LogP contribution in [0.3, 0.4) is 0 Å². The summed E-state index contributed by atoms with van der Waals surface area (Å²) in [6.45, 7) is 3.13. The van der Waals surface area contributed by atoms with Crippen molar-refractivity contribution in [3.63, 3.8) is 0 Å². The van der Waals surface area contributed by atoms with E-state index in [2.05, 4.69) is 30.6 Å². The van der Waals surface area contributed by atoms with E-state index >= 15 is 0 Å². The number of nitrogens with two attached hydrogens (primary N) is 1. The van der Waals surface area contributed by atoms with Gasteiger partial charge in [0.05, 0.1) is 0 Å². The number of nitrogens with one attached hydrogen (secondary N) is 2. The van der Waals surface area contributed by atoms with E-state index in [0.29, 0.717) is 5.13 Å². The average molecular weight is 399 g/mol. The summed E-state index contributed by atoms with van der Waals surface area (Å²) in [4.78, 5) is 39.3. The molecule has 11 heteroatoms. The maximum Gasteiger partial charge on any atom is 0.358 e. The fraction of sp³-hybridized carbons (Fsp3) is 0.176. The quantitative estimate of drug-likeness (QED) is 0.531. The van der Waals surface area contributed by atoms with Gasteiger partial charge in [-0.05, 0) is 19.1 Å². The van der Waals surface area contributed by atoms with Crippen molar-refractivity contribution >= 4 is 45.9 Å². The van der Waals surface area contributed by atoms with Crippen LogP contribution in [0.2, 0.25) is 0 Å². The van der Waals surface area contributed by atoms with Gasteiger partial charge in [-0.25, -0.2) is 9.78 Å². The highest BCUT2D eigenvalue weighted by Gasteiger charge is 2.14. The lowest BCUT2D eigenvalue weighted by molar-refractivity contribution is -0.114. The molecule has 0 bridgehead atoms. The minimum Gasteiger partial charge on any atom is -0.453 e. The molecule has 2 heterocycles. The van der Waals surface area contributed by atoms with Crippen molar-refractivity contribution in [2.75, 3.05) is 16.4 Å². The highest BCUT2D eigenvalue weighted by atomic mass is 32.1. The summed E-state index contributed by atoms with van der Waals surface area (Å²) in [5.41, 5.74) is 7.69. The maximum atomic E-state index is 12.1. The van der Waals surface area contributed by atoms with Crippen LogP contribution in [0.25, 0.3) is 0 Å². The molecule has 0 spiro atoms. The van der Waals surface area contributed by atoms with Gasteiger partial charge in [0.2, 0.25) is 17.8 Å². The Balaban J connectivity index is 1.64. The third kappa shape index (κ3) is 5.20. The number of rotatable bonds is 6. The van der Waals surface area contributed by atoms with Crippen molar-refractivity contribution in [1.82, 2.24) is 19.9 Å². The number of thiazole rings is 1. The number of carbonyl (C=O) groups is 2. The van der Waals surface area contributed by atoms with Crippen molar-refractivity contribution in [2.24, 2.45) is 0 Å². The molecule has 0 unspecified atom stereocenters. The highest BCUT2D eigenvalue weighted by molar-refractivity contribution is 7.14. The summed E-state index contributed by atoms with van der Waals surface area (Å²) in [6.07, 6.45) is 0. The Morgan fingerprint density at radius 2 is 1.89 bits per heavy atom. The lowest BCUT2D eigenvalue weighted by atomic mass is 10.2. The first-order valence-electron chi connectivity index (χ1n) is 8.13. The summed E-state index contributed by atoms with van der Waals surface area (Å²) < 4.78 is 5.16. The summed E-state index contributed by atoms with van der Waals surface area (Å²) >= 11 is 1.12. The second-order valence-electron chi connectivity index (χ2n) is 5.72. The van der Waals surface area contributed by atoms with E-state index in [4.69, 9.17) is 10.5 Å². The minimum atomic E-state index is -0.667. The Labute approximate surface area is 164 Å². The molecule has 0 radical (unpaired) electrons. The number of amides is 1. The zero-order chi connectivity index (χ0) is 20.1. The zero-order valence-corrected chi connectivity index (χ0v) is 15.9. The molecule has 144 valence electrons. The van der Waals surface area contributed by atoms with Crippen LogP contribution < -0.4 is 16.4 Å². The molecule has 10 nitrogen and oxygen atoms in total. The van der Waals surface area contributed by atoms with E-state index < -0.39 is 5.97 Å². The van der Waals surface area contributed by atoms with Crippen LogP contribution in [-0.2, 0) is 16.1 Å². The predicted molar refractivity (Wildman–Crippen MR) is 104 cm³/mol. The van der Waals surface area contributed by atoms with E-state index in [1.807, 2.05) is 31.2 Å². The number of hydrogen-bond acceptors (Lipinski definition) is 10. The Hall–Kier alpha value is -3.60. The average Bonchev–Trinajstić information content (AvgIpc) is 3.09. The van der Waals surface area contributed by atoms with Crippen LogP contribution in [-0.4, -0.2) is 31.8 Å². The molecule has 3 rings (SSSR count). The van der Waals surface area contributed by atoms with E-state index in [1.54, 1.807) is 0 Å². The molecule has 0 aliphatic carbocycles. The van der Waals surface area contributed by atoms with Crippen molar-refractivity contribution in [1.29, 1.82) is 0 Å². The summed E-state index contributed by atoms with van der Waals surface area (Å²) in [5, 5.41) is 7.32. The number of esters is 1. The van der Waals surface area contributed by atoms with Gasteiger partial charge >= 0.3 is 5.97 Å². The van der Waals surface area contributed by atoms with Crippen LogP contribution >= 0.6 is 11.3 Å². The number of nitrogens with zero attached hydrogens (tertiary/aromatic N) is 4. The van der Waals surface area contributed by atoms with Crippen LogP contribution in [0, 0.1) is 6.92 Å². The molecular weight excluding hydrogens is 382 g/mol. The van der Waals surface area contributed by atoms with Gasteiger partial charge in [-0.3, -0.25) is 4.79 Å². The Morgan fingerprint density at radius 3 is 2.61 bits per heavy atom. The van der Waals surface area contributed by atoms with Gasteiger partial charge in [0.15, 0.2) is 23.3 Å². The molecule has 1 amide bonds. The van der Waals surface area contributed by atoms with Crippen LogP contribution in [0.4, 0.5) is 22.7 Å². The third-order valence-electron chi connectivity index (χ3n) is 3.34. The number of carbonyl (C=O) groups excluding carboxylic acids is 2. The summed E-state index contributed by atoms with van der Waals surface area (Å²) in [6, 6.07) is 7.64. The summed E-state index contributed by atoms with van der Waals surface area (Å²) in [5.74, 6) is -0.516. The minimum absolute atomic E-state index is 0.00253. The van der Waals surface area contributed by atoms with Crippen molar-refractivity contribution in [2.45, 2.75) is 20.5 Å². The van der Waals surface area contributed by atoms with Crippen molar-refractivity contribution in [3.05, 3.63) is 46.7 Å². The Morgan fingerprint density at radius 1 is 1.14 bits per heavy atom. The van der Waals surface area contributed by atoms with Crippen LogP contribution in [0.1, 0.15) is 28.8 Å². The fourth-order valence-electron chi connectivity index (χ4n) is 2.10. The number of anilines is 4. The van der Waals surface area contributed by atoms with Gasteiger partial charge in [-0.2, -0.15) is 15.0 Å². The SMILES string of the molecule is CC(=O)Nc1nc(C(=O)OCc2nc(N)nc(Nc3ccc(C)cc3)n2)cs1. The Kier molecular flexibility index (Phi) is 5.75. The van der Waals surface area contributed by atoms with E-state index in [0.717, 1.165) is 22.6 Å². The standard InChI is InChI=1S/C17H17N7O3S/c1-9-3-5-11(6-4-9)20-16-23-13(22-15(18)24-16)7-27-14(26)12-8-28-17(21-12)19-10(2)25/h3-6,8H,7H2,1-2H3,(H,19,21,25)(H3,18,20,22,23,24). The molecule has 3 aromatic rings. The van der Waals surface area contributed by atoms with Gasteiger partial charge in [0, 0.05) is 18.0 Å². The number of hydrogen-bond donors (Lipinski definition) is 3. The zero-order valence-electron chi connectivity index (χ0n) is 15.1. The molecule has 0 fully saturated rings. The molecule has 0 aliphatic heterocycles. The van der Waals surface area contributed by atoms with Crippen molar-refractivity contribution < 1.29 is 14.3 Å². The number of nitrogen functional groups attached to an aromatic ring is 1. The van der Waals surface area contributed by atoms with Gasteiger partial charge in [-0.15, -0.1) is 11.3 Å². The van der Waals surface area contributed by atoms with Gasteiger partial charge in [0.25, 0.3) is 0 Å². The molecule has 1 aromatic carbocycles. The molecule has 0 aliphatic rings. The van der Waals surface area contributed by atoms with E-state index in [1.165, 1.54) is 12.3 Å². The lowest BCUT2D eigenvalue weighted by Crippen LogP contribution is -2.12. The van der Waals surface area contributed by atoms with Gasteiger partial charge < -0.3 is 21.1 Å². The molecule has 0 saturated carbocycles. The first kappa shape index (κ1) is 19.2. The first-order chi connectivity index (χ1) is 13.4. The normalized spacial score (nSPS) is 10.4. The highest BCUT2D eigenvalue weighted by Crippen LogP contribution is 2.17. The molecular formula is C17H17N7O3S. The lowest BCUT2D eigenvalue weighted by Gasteiger charge is -2.08. The first-order valence-corrected chi connectivity index (χ1v) is 9.01. The Bertz CT molecular complexity index is 1000. The number of ether oxygens (including phenoxy) is 1. The van der Waals surface area contributed by atoms with Crippen LogP contribution in [0.15, 0.2) is 29.6 Å². The number of benzene rings is 1. The van der Waals surface area contributed by atoms with Gasteiger partial charge in [0.1, 0.15) is 0 Å². The second-order valence-corrected chi connectivity index (χ2v) is 6.58.